The van der Waals surface area contributed by atoms with Crippen molar-refractivity contribution in [3.05, 3.63) is 76.3 Å². The zero-order valence-electron chi connectivity index (χ0n) is 25.6. The fraction of sp³-hybridized carbons (Fsp3) is 0.500. The molecule has 1 aliphatic heterocycles. The van der Waals surface area contributed by atoms with Gasteiger partial charge in [0.15, 0.2) is 5.60 Å². The Labute approximate surface area is 265 Å². The molecule has 1 saturated carbocycles. The molecule has 0 radical (unpaired) electrons. The number of hydrogen-bond acceptors (Lipinski definition) is 5. The molecule has 4 atom stereocenters. The van der Waals surface area contributed by atoms with Gasteiger partial charge in [0, 0.05) is 37.6 Å². The van der Waals surface area contributed by atoms with Crippen molar-refractivity contribution in [2.75, 3.05) is 26.2 Å². The van der Waals surface area contributed by atoms with E-state index >= 15 is 0 Å². The van der Waals surface area contributed by atoms with Crippen LogP contribution in [0, 0.1) is 5.92 Å². The van der Waals surface area contributed by atoms with E-state index in [0.717, 1.165) is 41.7 Å². The first-order valence-electron chi connectivity index (χ1n) is 15.0. The number of nitrogens with one attached hydrogen (secondary N) is 1. The summed E-state index contributed by atoms with van der Waals surface area (Å²) >= 11 is 12.2. The van der Waals surface area contributed by atoms with Gasteiger partial charge in [-0.1, -0.05) is 61.8 Å². The number of rotatable bonds is 10. The maximum atomic E-state index is 13.3. The SMILES string of the molecule is C=CC[N@@+]1(CC(C)C)CC[C@]2(c3cccc(OC(C)=O)c3)C[C@H](NC(=O)Cc3ccc(Cl)c(Cl)c3)CCC2(OC(C)=O)C1. The Morgan fingerprint density at radius 2 is 1.86 bits per heavy atom. The van der Waals surface area contributed by atoms with Crippen LogP contribution < -0.4 is 10.1 Å². The van der Waals surface area contributed by atoms with Crippen LogP contribution in [0.3, 0.4) is 0 Å². The molecular formula is C34H43Cl2N2O5+. The molecule has 1 aliphatic carbocycles. The van der Waals surface area contributed by atoms with E-state index in [-0.39, 0.29) is 24.3 Å². The lowest BCUT2D eigenvalue weighted by Crippen LogP contribution is -2.74. The highest BCUT2D eigenvalue weighted by atomic mass is 35.5. The van der Waals surface area contributed by atoms with Crippen molar-refractivity contribution in [2.24, 2.45) is 5.92 Å². The van der Waals surface area contributed by atoms with Gasteiger partial charge in [-0.25, -0.2) is 0 Å². The minimum Gasteiger partial charge on any atom is -0.452 e. The number of esters is 2. The number of carbonyl (C=O) groups is 3. The lowest BCUT2D eigenvalue weighted by atomic mass is 9.54. The Hall–Kier alpha value is -2.87. The van der Waals surface area contributed by atoms with E-state index in [2.05, 4.69) is 25.7 Å². The Kier molecular flexibility index (Phi) is 10.3. The molecule has 1 heterocycles. The van der Waals surface area contributed by atoms with E-state index in [1.807, 2.05) is 24.3 Å². The highest BCUT2D eigenvalue weighted by Crippen LogP contribution is 2.55. The van der Waals surface area contributed by atoms with Crippen LogP contribution in [-0.2, 0) is 31.0 Å². The summed E-state index contributed by atoms with van der Waals surface area (Å²) < 4.78 is 12.7. The number of amides is 1. The van der Waals surface area contributed by atoms with Crippen LogP contribution in [0.15, 0.2) is 55.1 Å². The van der Waals surface area contributed by atoms with Gasteiger partial charge in [-0.15, -0.1) is 0 Å². The summed E-state index contributed by atoms with van der Waals surface area (Å²) in [6.07, 6.45) is 4.67. The summed E-state index contributed by atoms with van der Waals surface area (Å²) in [6.45, 7) is 14.5. The predicted octanol–water partition coefficient (Wildman–Crippen LogP) is 6.43. The second-order valence-electron chi connectivity index (χ2n) is 12.7. The quantitative estimate of drug-likeness (QED) is 0.142. The number of hydrogen-bond donors (Lipinski definition) is 1. The zero-order valence-corrected chi connectivity index (χ0v) is 27.1. The van der Waals surface area contributed by atoms with E-state index in [9.17, 15) is 14.4 Å². The lowest BCUT2D eigenvalue weighted by Gasteiger charge is -2.61. The Balaban J connectivity index is 1.74. The highest BCUT2D eigenvalue weighted by molar-refractivity contribution is 6.42. The van der Waals surface area contributed by atoms with Gasteiger partial charge in [-0.3, -0.25) is 14.4 Å². The van der Waals surface area contributed by atoms with Gasteiger partial charge in [-0.2, -0.15) is 0 Å². The number of carbonyl (C=O) groups excluding carboxylic acids is 3. The third-order valence-corrected chi connectivity index (χ3v) is 9.68. The van der Waals surface area contributed by atoms with E-state index in [4.69, 9.17) is 32.7 Å². The number of fused-ring (bicyclic) bond motifs is 1. The van der Waals surface area contributed by atoms with Gasteiger partial charge >= 0.3 is 11.9 Å². The molecule has 2 aromatic carbocycles. The fourth-order valence-electron chi connectivity index (χ4n) is 7.64. The van der Waals surface area contributed by atoms with Crippen LogP contribution in [0.25, 0.3) is 0 Å². The average Bonchev–Trinajstić information content (AvgIpc) is 2.90. The van der Waals surface area contributed by atoms with Gasteiger partial charge in [0.05, 0.1) is 36.1 Å². The van der Waals surface area contributed by atoms with Gasteiger partial charge in [0.1, 0.15) is 12.3 Å². The fourth-order valence-corrected chi connectivity index (χ4v) is 7.96. The van der Waals surface area contributed by atoms with Crippen molar-refractivity contribution < 1.29 is 28.3 Å². The number of ether oxygens (including phenoxy) is 2. The summed E-state index contributed by atoms with van der Waals surface area (Å²) in [4.78, 5) is 38.0. The monoisotopic (exact) mass is 629 g/mol. The molecule has 2 aliphatic rings. The molecule has 0 spiro atoms. The summed E-state index contributed by atoms with van der Waals surface area (Å²) in [5.41, 5.74) is 0.277. The maximum absolute atomic E-state index is 13.3. The minimum absolute atomic E-state index is 0.111. The van der Waals surface area contributed by atoms with Crippen molar-refractivity contribution in [1.82, 2.24) is 5.32 Å². The second-order valence-corrected chi connectivity index (χ2v) is 13.6. The van der Waals surface area contributed by atoms with Crippen LogP contribution in [0.1, 0.15) is 64.5 Å². The number of benzene rings is 2. The third kappa shape index (κ3) is 7.44. The van der Waals surface area contributed by atoms with Crippen molar-refractivity contribution >= 4 is 41.0 Å². The van der Waals surface area contributed by atoms with E-state index in [1.54, 1.807) is 24.3 Å². The van der Waals surface area contributed by atoms with Crippen molar-refractivity contribution in [1.29, 1.82) is 0 Å². The molecule has 0 aromatic heterocycles. The molecule has 1 N–H and O–H groups in total. The zero-order chi connectivity index (χ0) is 31.4. The normalized spacial score (nSPS) is 26.7. The van der Waals surface area contributed by atoms with Crippen molar-refractivity contribution in [3.8, 4) is 5.75 Å². The van der Waals surface area contributed by atoms with E-state index in [1.165, 1.54) is 13.8 Å². The van der Waals surface area contributed by atoms with Crippen molar-refractivity contribution in [3.63, 3.8) is 0 Å². The van der Waals surface area contributed by atoms with E-state index < -0.39 is 17.0 Å². The molecule has 1 saturated heterocycles. The largest absolute Gasteiger partial charge is 0.452 e. The molecule has 7 nitrogen and oxygen atoms in total. The first-order chi connectivity index (χ1) is 20.3. The number of piperidine rings is 1. The van der Waals surface area contributed by atoms with Crippen LogP contribution in [-0.4, -0.2) is 60.2 Å². The molecule has 232 valence electrons. The first kappa shape index (κ1) is 33.0. The maximum Gasteiger partial charge on any atom is 0.308 e. The van der Waals surface area contributed by atoms with E-state index in [0.29, 0.717) is 47.5 Å². The summed E-state index contributed by atoms with van der Waals surface area (Å²) in [7, 11) is 0. The van der Waals surface area contributed by atoms with Crippen LogP contribution in [0.4, 0.5) is 0 Å². The molecular weight excluding hydrogens is 587 g/mol. The van der Waals surface area contributed by atoms with Gasteiger partial charge in [-0.05, 0) is 60.7 Å². The molecule has 1 amide bonds. The number of halogens is 2. The molecule has 9 heteroatoms. The molecule has 2 aromatic rings. The Morgan fingerprint density at radius 3 is 2.51 bits per heavy atom. The lowest BCUT2D eigenvalue weighted by molar-refractivity contribution is -0.938. The number of likely N-dealkylation sites (tertiary alicyclic amines) is 1. The summed E-state index contributed by atoms with van der Waals surface area (Å²) in [5, 5.41) is 4.11. The first-order valence-corrected chi connectivity index (χ1v) is 15.7. The van der Waals surface area contributed by atoms with Crippen LogP contribution in [0.2, 0.25) is 10.0 Å². The molecule has 4 rings (SSSR count). The molecule has 2 fully saturated rings. The molecule has 1 unspecified atom stereocenters. The van der Waals surface area contributed by atoms with Gasteiger partial charge < -0.3 is 19.3 Å². The predicted molar refractivity (Wildman–Crippen MR) is 169 cm³/mol. The second kappa shape index (κ2) is 13.4. The Morgan fingerprint density at radius 1 is 1.09 bits per heavy atom. The minimum atomic E-state index is -0.825. The molecule has 43 heavy (non-hydrogen) atoms. The van der Waals surface area contributed by atoms with Crippen molar-refractivity contribution in [2.45, 2.75) is 76.9 Å². The van der Waals surface area contributed by atoms with Gasteiger partial charge in [0.2, 0.25) is 5.91 Å². The van der Waals surface area contributed by atoms with Crippen LogP contribution in [0.5, 0.6) is 5.75 Å². The Bertz CT molecular complexity index is 1380. The summed E-state index contributed by atoms with van der Waals surface area (Å²) in [5.74, 6) is 0.0391. The number of nitrogens with zero attached hydrogens (tertiary/aromatic N) is 1. The van der Waals surface area contributed by atoms with Gasteiger partial charge in [0.25, 0.3) is 0 Å². The summed E-state index contributed by atoms with van der Waals surface area (Å²) in [6, 6.07) is 12.6. The standard InChI is InChI=1S/C34H42Cl2N2O5/c1-6-15-38(21-23(2)3)16-14-33(27-8-7-9-29(19-27)42-24(4)39)20-28(12-13-34(33,22-38)43-25(5)40)37-32(41)18-26-10-11-30(35)31(36)17-26/h6-11,17,19,23,28H,1,12-16,18,20-22H2,2-5H3/p+1/t28-,33-,34?,38+/m1/s1. The highest BCUT2D eigenvalue weighted by Gasteiger charge is 2.65. The average molecular weight is 631 g/mol. The molecule has 0 bridgehead atoms. The number of quaternary nitrogens is 1. The topological polar surface area (TPSA) is 81.7 Å². The smallest absolute Gasteiger partial charge is 0.308 e. The van der Waals surface area contributed by atoms with Crippen LogP contribution >= 0.6 is 23.2 Å². The third-order valence-electron chi connectivity index (χ3n) is 8.94.